The second-order valence-electron chi connectivity index (χ2n) is 7.16. The fourth-order valence-electron chi connectivity index (χ4n) is 3.49. The molecule has 0 aliphatic carbocycles. The summed E-state index contributed by atoms with van der Waals surface area (Å²) in [6.07, 6.45) is 4.04. The van der Waals surface area contributed by atoms with E-state index in [4.69, 9.17) is 0 Å². The fraction of sp³-hybridized carbons (Fsp3) is 0.368. The van der Waals surface area contributed by atoms with Crippen molar-refractivity contribution in [3.8, 4) is 0 Å². The Morgan fingerprint density at radius 1 is 1.28 bits per heavy atom. The van der Waals surface area contributed by atoms with Crippen LogP contribution in [0, 0.1) is 0 Å². The normalized spacial score (nSPS) is 18.2. The first-order chi connectivity index (χ1) is 13.9. The van der Waals surface area contributed by atoms with Crippen molar-refractivity contribution < 1.29 is 13.2 Å². The lowest BCUT2D eigenvalue weighted by Gasteiger charge is -2.10. The van der Waals surface area contributed by atoms with Gasteiger partial charge in [-0.2, -0.15) is 5.10 Å². The standard InChI is InChI=1S/C19H21N5O4S/c1-2-13-3-5-14(6-4-13)22-17(25)10-23-12-20-18-16(19(23)26)9-21-24(18)15-7-8-29(27,28)11-15/h3-6,9,12,15H,2,7-8,10-11H2,1H3,(H,22,25). The SMILES string of the molecule is CCc1ccc(NC(=O)Cn2cnc3c(cnn3C3CCS(=O)(=O)C3)c2=O)cc1. The van der Waals surface area contributed by atoms with Crippen LogP contribution in [-0.4, -0.2) is 45.2 Å². The van der Waals surface area contributed by atoms with Gasteiger partial charge in [0.1, 0.15) is 18.3 Å². The van der Waals surface area contributed by atoms with Gasteiger partial charge in [0.25, 0.3) is 5.56 Å². The summed E-state index contributed by atoms with van der Waals surface area (Å²) in [7, 11) is -3.08. The molecule has 1 aromatic carbocycles. The third-order valence-electron chi connectivity index (χ3n) is 5.09. The van der Waals surface area contributed by atoms with Gasteiger partial charge in [0.2, 0.25) is 5.91 Å². The van der Waals surface area contributed by atoms with Crippen LogP contribution in [0.25, 0.3) is 11.0 Å². The lowest BCUT2D eigenvalue weighted by molar-refractivity contribution is -0.116. The number of carbonyl (C=O) groups is 1. The third-order valence-corrected chi connectivity index (χ3v) is 6.84. The molecule has 0 radical (unpaired) electrons. The number of sulfone groups is 1. The van der Waals surface area contributed by atoms with E-state index < -0.39 is 15.4 Å². The average Bonchev–Trinajstić information content (AvgIpc) is 3.28. The predicted octanol–water partition coefficient (Wildman–Crippen LogP) is 1.15. The second kappa shape index (κ2) is 7.43. The summed E-state index contributed by atoms with van der Waals surface area (Å²) >= 11 is 0. The zero-order valence-electron chi connectivity index (χ0n) is 15.9. The van der Waals surface area contributed by atoms with Crippen LogP contribution in [0.15, 0.2) is 41.6 Å². The van der Waals surface area contributed by atoms with Crippen LogP contribution in [0.5, 0.6) is 0 Å². The second-order valence-corrected chi connectivity index (χ2v) is 9.39. The highest BCUT2D eigenvalue weighted by Crippen LogP contribution is 2.25. The minimum Gasteiger partial charge on any atom is -0.325 e. The van der Waals surface area contributed by atoms with Crippen LogP contribution < -0.4 is 10.9 Å². The van der Waals surface area contributed by atoms with Crippen molar-refractivity contribution in [2.45, 2.75) is 32.4 Å². The van der Waals surface area contributed by atoms with Crippen molar-refractivity contribution in [3.63, 3.8) is 0 Å². The minimum absolute atomic E-state index is 0.00618. The molecule has 29 heavy (non-hydrogen) atoms. The van der Waals surface area contributed by atoms with E-state index in [1.165, 1.54) is 27.3 Å². The Morgan fingerprint density at radius 2 is 2.03 bits per heavy atom. The quantitative estimate of drug-likeness (QED) is 0.668. The first-order valence-corrected chi connectivity index (χ1v) is 11.2. The van der Waals surface area contributed by atoms with Gasteiger partial charge in [-0.25, -0.2) is 18.1 Å². The van der Waals surface area contributed by atoms with E-state index in [0.29, 0.717) is 17.8 Å². The maximum atomic E-state index is 12.7. The summed E-state index contributed by atoms with van der Waals surface area (Å²) in [5.41, 5.74) is 1.77. The lowest BCUT2D eigenvalue weighted by Crippen LogP contribution is -2.28. The average molecular weight is 415 g/mol. The zero-order valence-corrected chi connectivity index (χ0v) is 16.7. The molecule has 10 heteroatoms. The van der Waals surface area contributed by atoms with Gasteiger partial charge in [0, 0.05) is 5.69 Å². The molecule has 1 N–H and O–H groups in total. The van der Waals surface area contributed by atoms with E-state index >= 15 is 0 Å². The van der Waals surface area contributed by atoms with Gasteiger partial charge in [-0.3, -0.25) is 14.2 Å². The van der Waals surface area contributed by atoms with Crippen LogP contribution in [0.4, 0.5) is 5.69 Å². The molecule has 1 aliphatic heterocycles. The highest BCUT2D eigenvalue weighted by atomic mass is 32.2. The van der Waals surface area contributed by atoms with Crippen molar-refractivity contribution in [3.05, 3.63) is 52.7 Å². The van der Waals surface area contributed by atoms with Crippen molar-refractivity contribution >= 4 is 32.5 Å². The van der Waals surface area contributed by atoms with Gasteiger partial charge >= 0.3 is 0 Å². The first-order valence-electron chi connectivity index (χ1n) is 9.38. The van der Waals surface area contributed by atoms with Crippen molar-refractivity contribution in [2.75, 3.05) is 16.8 Å². The topological polar surface area (TPSA) is 116 Å². The molecule has 1 unspecified atom stereocenters. The van der Waals surface area contributed by atoms with Gasteiger partial charge in [-0.1, -0.05) is 19.1 Å². The summed E-state index contributed by atoms with van der Waals surface area (Å²) in [6.45, 7) is 1.87. The highest BCUT2D eigenvalue weighted by molar-refractivity contribution is 7.91. The van der Waals surface area contributed by atoms with Crippen LogP contribution in [0.3, 0.4) is 0 Å². The van der Waals surface area contributed by atoms with E-state index in [9.17, 15) is 18.0 Å². The van der Waals surface area contributed by atoms with E-state index in [-0.39, 0.29) is 35.4 Å². The molecular weight excluding hydrogens is 394 g/mol. The van der Waals surface area contributed by atoms with E-state index in [1.54, 1.807) is 0 Å². The number of anilines is 1. The molecular formula is C19H21N5O4S. The summed E-state index contributed by atoms with van der Waals surface area (Å²) in [4.78, 5) is 29.3. The minimum atomic E-state index is -3.08. The Labute approximate surface area is 167 Å². The smallest absolute Gasteiger partial charge is 0.264 e. The maximum Gasteiger partial charge on any atom is 0.264 e. The molecule has 0 saturated carbocycles. The summed E-state index contributed by atoms with van der Waals surface area (Å²) < 4.78 is 26.2. The highest BCUT2D eigenvalue weighted by Gasteiger charge is 2.31. The molecule has 2 aromatic heterocycles. The van der Waals surface area contributed by atoms with Crippen LogP contribution in [-0.2, 0) is 27.6 Å². The molecule has 1 amide bonds. The van der Waals surface area contributed by atoms with E-state index in [0.717, 1.165) is 6.42 Å². The molecule has 3 heterocycles. The van der Waals surface area contributed by atoms with Crippen molar-refractivity contribution in [1.82, 2.24) is 19.3 Å². The number of rotatable bonds is 5. The van der Waals surface area contributed by atoms with Gasteiger partial charge in [0.05, 0.1) is 23.7 Å². The molecule has 1 fully saturated rings. The number of hydrogen-bond acceptors (Lipinski definition) is 6. The van der Waals surface area contributed by atoms with Gasteiger partial charge in [-0.05, 0) is 30.5 Å². The Kier molecular flexibility index (Phi) is 4.95. The molecule has 1 aliphatic rings. The number of amides is 1. The summed E-state index contributed by atoms with van der Waals surface area (Å²) in [6, 6.07) is 7.19. The van der Waals surface area contributed by atoms with Crippen LogP contribution >= 0.6 is 0 Å². The number of benzene rings is 1. The number of fused-ring (bicyclic) bond motifs is 1. The Hall–Kier alpha value is -3.01. The number of aromatic nitrogens is 4. The lowest BCUT2D eigenvalue weighted by atomic mass is 10.1. The summed E-state index contributed by atoms with van der Waals surface area (Å²) in [5.74, 6) is -0.240. The number of hydrogen-bond donors (Lipinski definition) is 1. The largest absolute Gasteiger partial charge is 0.325 e. The molecule has 0 bridgehead atoms. The fourth-order valence-corrected chi connectivity index (χ4v) is 5.19. The molecule has 9 nitrogen and oxygen atoms in total. The molecule has 1 atom stereocenters. The number of aryl methyl sites for hydroxylation is 1. The first kappa shape index (κ1) is 19.3. The van der Waals surface area contributed by atoms with Crippen molar-refractivity contribution in [2.24, 2.45) is 0 Å². The monoisotopic (exact) mass is 415 g/mol. The van der Waals surface area contributed by atoms with Crippen molar-refractivity contribution in [1.29, 1.82) is 0 Å². The van der Waals surface area contributed by atoms with Gasteiger partial charge in [-0.15, -0.1) is 0 Å². The third kappa shape index (κ3) is 3.93. The molecule has 3 aromatic rings. The van der Waals surface area contributed by atoms with Crippen LogP contribution in [0.2, 0.25) is 0 Å². The maximum absolute atomic E-state index is 12.7. The molecule has 0 spiro atoms. The van der Waals surface area contributed by atoms with Gasteiger partial charge in [0.15, 0.2) is 15.5 Å². The number of nitrogens with zero attached hydrogens (tertiary/aromatic N) is 4. The van der Waals surface area contributed by atoms with Gasteiger partial charge < -0.3 is 5.32 Å². The number of nitrogens with one attached hydrogen (secondary N) is 1. The van der Waals surface area contributed by atoms with Crippen LogP contribution in [0.1, 0.15) is 24.9 Å². The Bertz CT molecular complexity index is 1230. The molecule has 4 rings (SSSR count). The van der Waals surface area contributed by atoms with E-state index in [1.807, 2.05) is 24.3 Å². The number of carbonyl (C=O) groups excluding carboxylic acids is 1. The van der Waals surface area contributed by atoms with E-state index in [2.05, 4.69) is 22.3 Å². The zero-order chi connectivity index (χ0) is 20.6. The Morgan fingerprint density at radius 3 is 2.69 bits per heavy atom. The molecule has 152 valence electrons. The molecule has 1 saturated heterocycles. The summed E-state index contributed by atoms with van der Waals surface area (Å²) in [5, 5.41) is 7.21. The predicted molar refractivity (Wildman–Crippen MR) is 109 cm³/mol. The Balaban J connectivity index is 1.53.